The fraction of sp³-hybridized carbons (Fsp3) is 0.387. The highest BCUT2D eigenvalue weighted by atomic mass is 19.4. The molecule has 3 aromatic rings. The number of imide groups is 1. The summed E-state index contributed by atoms with van der Waals surface area (Å²) in [7, 11) is 0. The van der Waals surface area contributed by atoms with Crippen LogP contribution in [-0.2, 0) is 35.2 Å². The molecule has 2 aliphatic heterocycles. The largest absolute Gasteiger partial charge is 0.493 e. The molecule has 14 heteroatoms. The molecule has 0 spiro atoms. The van der Waals surface area contributed by atoms with Crippen molar-refractivity contribution in [2.24, 2.45) is 0 Å². The number of urea groups is 1. The monoisotopic (exact) mass is 637 g/mol. The lowest BCUT2D eigenvalue weighted by molar-refractivity contribution is -0.376. The molecule has 1 fully saturated rings. The number of ether oxygens (including phenoxy) is 2. The predicted octanol–water partition coefficient (Wildman–Crippen LogP) is 6.08. The fourth-order valence-corrected chi connectivity index (χ4v) is 5.42. The fourth-order valence-electron chi connectivity index (χ4n) is 5.42. The summed E-state index contributed by atoms with van der Waals surface area (Å²) in [4.78, 5) is 31.5. The number of nitrogens with one attached hydrogen (secondary N) is 1. The van der Waals surface area contributed by atoms with Crippen LogP contribution in [0, 0.1) is 0 Å². The number of carbonyl (C=O) groups excluding carboxylic acids is 2. The average molecular weight is 638 g/mol. The highest BCUT2D eigenvalue weighted by molar-refractivity contribution is 6.07. The Morgan fingerprint density at radius 1 is 1.02 bits per heavy atom. The normalized spacial score (nSPS) is 18.6. The van der Waals surface area contributed by atoms with Gasteiger partial charge >= 0.3 is 18.4 Å². The van der Waals surface area contributed by atoms with E-state index in [9.17, 15) is 41.0 Å². The lowest BCUT2D eigenvalue weighted by Crippen LogP contribution is -2.53. The second-order valence-corrected chi connectivity index (χ2v) is 11.0. The molecule has 8 nitrogen and oxygen atoms in total. The zero-order chi connectivity index (χ0) is 32.8. The molecule has 45 heavy (non-hydrogen) atoms. The van der Waals surface area contributed by atoms with Crippen molar-refractivity contribution in [3.8, 4) is 17.2 Å². The third kappa shape index (κ3) is 5.78. The number of pyridine rings is 1. The van der Waals surface area contributed by atoms with Gasteiger partial charge in [-0.2, -0.15) is 26.3 Å². The summed E-state index contributed by atoms with van der Waals surface area (Å²) in [6.07, 6.45) is -9.35. The summed E-state index contributed by atoms with van der Waals surface area (Å²) in [5, 5.41) is 12.6. The van der Waals surface area contributed by atoms with E-state index < -0.39 is 41.0 Å². The van der Waals surface area contributed by atoms with Gasteiger partial charge in [0.15, 0.2) is 0 Å². The van der Waals surface area contributed by atoms with Gasteiger partial charge in [0.2, 0.25) is 0 Å². The number of hydrogen-bond acceptors (Lipinski definition) is 6. The standard InChI is InChI=1S/C31H29F6N3O5/c1-3-4-18-16-21(29(43,30(32,33)34)31(35,36)37)6-10-25(18)45-23-8-7-22(38-17-23)11-13-40-26(41)28(2,39-27(40)42)20-5-9-24-19(15-20)12-14-44-24/h5-10,15-17,43H,3-4,11-14H2,1-2H3,(H,39,42). The van der Waals surface area contributed by atoms with Crippen LogP contribution in [0.2, 0.25) is 0 Å². The number of nitrogens with zero attached hydrogens (tertiary/aromatic N) is 2. The van der Waals surface area contributed by atoms with Crippen molar-refractivity contribution in [3.63, 3.8) is 0 Å². The summed E-state index contributed by atoms with van der Waals surface area (Å²) in [5.41, 5.74) is -5.54. The molecule has 0 bridgehead atoms. The van der Waals surface area contributed by atoms with Gasteiger partial charge in [-0.15, -0.1) is 0 Å². The molecule has 0 aliphatic carbocycles. The molecular weight excluding hydrogens is 608 g/mol. The molecule has 1 aromatic heterocycles. The first-order valence-corrected chi connectivity index (χ1v) is 14.1. The van der Waals surface area contributed by atoms with E-state index in [4.69, 9.17) is 9.47 Å². The first kappa shape index (κ1) is 32.1. The number of amides is 3. The maximum Gasteiger partial charge on any atom is 0.430 e. The summed E-state index contributed by atoms with van der Waals surface area (Å²) in [6.45, 7) is 3.91. The Balaban J connectivity index is 1.27. The third-order valence-electron chi connectivity index (χ3n) is 7.98. The van der Waals surface area contributed by atoms with E-state index >= 15 is 0 Å². The van der Waals surface area contributed by atoms with Gasteiger partial charge in [-0.1, -0.05) is 25.5 Å². The molecule has 1 saturated heterocycles. The topological polar surface area (TPSA) is 101 Å². The summed E-state index contributed by atoms with van der Waals surface area (Å²) in [5.74, 6) is 0.483. The number of hydrogen-bond donors (Lipinski definition) is 2. The molecule has 2 aliphatic rings. The summed E-state index contributed by atoms with van der Waals surface area (Å²) in [6, 6.07) is 10.0. The quantitative estimate of drug-likeness (QED) is 0.218. The smallest absolute Gasteiger partial charge is 0.430 e. The maximum absolute atomic E-state index is 13.4. The number of halogens is 6. The number of alkyl halides is 6. The van der Waals surface area contributed by atoms with E-state index in [1.807, 2.05) is 6.07 Å². The summed E-state index contributed by atoms with van der Waals surface area (Å²) < 4.78 is 91.6. The van der Waals surface area contributed by atoms with Crippen molar-refractivity contribution < 1.29 is 50.5 Å². The van der Waals surface area contributed by atoms with Crippen molar-refractivity contribution in [1.29, 1.82) is 0 Å². The molecule has 3 heterocycles. The Kier molecular flexibility index (Phi) is 8.23. The highest BCUT2D eigenvalue weighted by Gasteiger charge is 2.71. The first-order valence-electron chi connectivity index (χ1n) is 14.1. The van der Waals surface area contributed by atoms with E-state index in [2.05, 4.69) is 10.3 Å². The highest BCUT2D eigenvalue weighted by Crippen LogP contribution is 2.50. The molecular formula is C31H29F6N3O5. The van der Waals surface area contributed by atoms with Gasteiger partial charge in [0, 0.05) is 30.6 Å². The van der Waals surface area contributed by atoms with Crippen molar-refractivity contribution in [2.75, 3.05) is 13.2 Å². The molecule has 240 valence electrons. The van der Waals surface area contributed by atoms with Crippen molar-refractivity contribution >= 4 is 11.9 Å². The summed E-state index contributed by atoms with van der Waals surface area (Å²) >= 11 is 0. The van der Waals surface area contributed by atoms with E-state index in [0.29, 0.717) is 42.8 Å². The van der Waals surface area contributed by atoms with Crippen molar-refractivity contribution in [3.05, 3.63) is 82.7 Å². The molecule has 2 aromatic carbocycles. The minimum atomic E-state index is -6.01. The van der Waals surface area contributed by atoms with Crippen LogP contribution < -0.4 is 14.8 Å². The number of aryl methyl sites for hydroxylation is 1. The van der Waals surface area contributed by atoms with Crippen LogP contribution in [0.4, 0.5) is 31.1 Å². The molecule has 1 unspecified atom stereocenters. The van der Waals surface area contributed by atoms with Crippen LogP contribution in [0.1, 0.15) is 48.2 Å². The third-order valence-corrected chi connectivity index (χ3v) is 7.98. The van der Waals surface area contributed by atoms with Crippen LogP contribution in [0.3, 0.4) is 0 Å². The van der Waals surface area contributed by atoms with Gasteiger partial charge in [0.05, 0.1) is 12.8 Å². The SMILES string of the molecule is CCCc1cc(C(O)(C(F)(F)F)C(F)(F)F)ccc1Oc1ccc(CCN2C(=O)NC(C)(c3ccc4c(c3)CCO4)C2=O)nc1. The number of aliphatic hydroxyl groups is 1. The molecule has 0 radical (unpaired) electrons. The van der Waals surface area contributed by atoms with Crippen molar-refractivity contribution in [1.82, 2.24) is 15.2 Å². The number of benzene rings is 2. The second kappa shape index (κ2) is 11.5. The van der Waals surface area contributed by atoms with Crippen LogP contribution >= 0.6 is 0 Å². The Morgan fingerprint density at radius 2 is 1.76 bits per heavy atom. The average Bonchev–Trinajstić information content (AvgIpc) is 3.53. The second-order valence-electron chi connectivity index (χ2n) is 11.0. The number of fused-ring (bicyclic) bond motifs is 1. The Morgan fingerprint density at radius 3 is 2.40 bits per heavy atom. The van der Waals surface area contributed by atoms with Gasteiger partial charge in [0.25, 0.3) is 11.5 Å². The van der Waals surface area contributed by atoms with E-state index in [-0.39, 0.29) is 36.4 Å². The minimum absolute atomic E-state index is 0.00131. The minimum Gasteiger partial charge on any atom is -0.493 e. The number of rotatable bonds is 9. The maximum atomic E-state index is 13.4. The van der Waals surface area contributed by atoms with Gasteiger partial charge < -0.3 is 19.9 Å². The zero-order valence-corrected chi connectivity index (χ0v) is 24.2. The van der Waals surface area contributed by atoms with E-state index in [1.165, 1.54) is 12.3 Å². The van der Waals surface area contributed by atoms with Gasteiger partial charge in [0.1, 0.15) is 22.8 Å². The van der Waals surface area contributed by atoms with Gasteiger partial charge in [-0.05, 0) is 66.4 Å². The molecule has 0 saturated carbocycles. The van der Waals surface area contributed by atoms with Gasteiger partial charge in [-0.25, -0.2) is 4.79 Å². The molecule has 3 amide bonds. The van der Waals surface area contributed by atoms with E-state index in [1.54, 1.807) is 32.0 Å². The number of aromatic nitrogens is 1. The van der Waals surface area contributed by atoms with Crippen molar-refractivity contribution in [2.45, 2.75) is 63.0 Å². The lowest BCUT2D eigenvalue weighted by atomic mass is 9.90. The number of carbonyl (C=O) groups is 2. The molecule has 5 rings (SSSR count). The van der Waals surface area contributed by atoms with Crippen LogP contribution in [-0.4, -0.2) is 52.4 Å². The Hall–Kier alpha value is -4.33. The Labute approximate surface area is 254 Å². The van der Waals surface area contributed by atoms with E-state index in [0.717, 1.165) is 22.3 Å². The van der Waals surface area contributed by atoms with Crippen LogP contribution in [0.15, 0.2) is 54.7 Å². The van der Waals surface area contributed by atoms with Crippen LogP contribution in [0.5, 0.6) is 17.2 Å². The van der Waals surface area contributed by atoms with Gasteiger partial charge in [-0.3, -0.25) is 14.7 Å². The molecule has 1 atom stereocenters. The zero-order valence-electron chi connectivity index (χ0n) is 24.2. The Bertz CT molecular complexity index is 1590. The lowest BCUT2D eigenvalue weighted by Gasteiger charge is -2.33. The van der Waals surface area contributed by atoms with Crippen LogP contribution in [0.25, 0.3) is 0 Å². The molecule has 2 N–H and O–H groups in total. The first-order chi connectivity index (χ1) is 21.1. The predicted molar refractivity (Wildman–Crippen MR) is 148 cm³/mol.